The molecule has 1 aromatic carbocycles. The molecule has 0 bridgehead atoms. The Kier molecular flexibility index (Phi) is 4.62. The molecule has 1 heterocycles. The summed E-state index contributed by atoms with van der Waals surface area (Å²) in [6.45, 7) is 0. The van der Waals surface area contributed by atoms with E-state index >= 15 is 0 Å². The number of nitro groups is 1. The van der Waals surface area contributed by atoms with Crippen LogP contribution in [0.5, 0.6) is 0 Å². The molecule has 0 unspecified atom stereocenters. The highest BCUT2D eigenvalue weighted by atomic mass is 35.5. The molecule has 0 aliphatic heterocycles. The fraction of sp³-hybridized carbons (Fsp3) is 0.0909. The maximum atomic E-state index is 10.6. The topological polar surface area (TPSA) is 69.2 Å². The third-order valence-corrected chi connectivity index (χ3v) is 3.04. The second-order valence-electron chi connectivity index (χ2n) is 3.39. The van der Waals surface area contributed by atoms with E-state index in [0.717, 1.165) is 11.1 Å². The number of nitrogens with two attached hydrogens (primary N) is 1. The third kappa shape index (κ3) is 3.03. The summed E-state index contributed by atoms with van der Waals surface area (Å²) in [4.78, 5) is 10.2. The lowest BCUT2D eigenvalue weighted by Gasteiger charge is -2.09. The number of rotatable bonds is 3. The molecule has 2 aromatic rings. The predicted molar refractivity (Wildman–Crippen MR) is 70.7 cm³/mol. The van der Waals surface area contributed by atoms with Crippen molar-refractivity contribution in [1.29, 1.82) is 0 Å². The standard InChI is InChI=1S/C11H10N2O2S.ClH/c12-11(9-4-5-16-7-9)8-2-1-3-10(6-8)13(14)15;/h1-7,11H,12H2;1H/t11-;/m0./s1. The summed E-state index contributed by atoms with van der Waals surface area (Å²) in [5.74, 6) is 0. The van der Waals surface area contributed by atoms with Gasteiger partial charge in [-0.3, -0.25) is 10.1 Å². The largest absolute Gasteiger partial charge is 0.320 e. The number of thiophene rings is 1. The Morgan fingerprint density at radius 1 is 1.29 bits per heavy atom. The molecule has 0 aliphatic carbocycles. The normalized spacial score (nSPS) is 11.6. The molecule has 0 radical (unpaired) electrons. The molecule has 6 heteroatoms. The van der Waals surface area contributed by atoms with Gasteiger partial charge >= 0.3 is 0 Å². The van der Waals surface area contributed by atoms with E-state index in [1.54, 1.807) is 23.5 Å². The Balaban J connectivity index is 0.00000144. The first-order valence-corrected chi connectivity index (χ1v) is 5.65. The Morgan fingerprint density at radius 3 is 2.65 bits per heavy atom. The number of hydrogen-bond donors (Lipinski definition) is 1. The molecular formula is C11H11ClN2O2S. The molecule has 0 amide bonds. The summed E-state index contributed by atoms with van der Waals surface area (Å²) in [5, 5.41) is 14.5. The molecule has 0 spiro atoms. The van der Waals surface area contributed by atoms with Gasteiger partial charge in [0.15, 0.2) is 0 Å². The summed E-state index contributed by atoms with van der Waals surface area (Å²) < 4.78 is 0. The second-order valence-corrected chi connectivity index (χ2v) is 4.17. The van der Waals surface area contributed by atoms with Crippen LogP contribution in [0.4, 0.5) is 5.69 Å². The zero-order chi connectivity index (χ0) is 11.5. The Bertz CT molecular complexity index is 502. The van der Waals surface area contributed by atoms with Crippen LogP contribution in [0.3, 0.4) is 0 Å². The van der Waals surface area contributed by atoms with Gasteiger partial charge in [-0.1, -0.05) is 12.1 Å². The first-order valence-electron chi connectivity index (χ1n) is 4.70. The van der Waals surface area contributed by atoms with Crippen LogP contribution in [-0.4, -0.2) is 4.92 Å². The first-order chi connectivity index (χ1) is 7.68. The highest BCUT2D eigenvalue weighted by molar-refractivity contribution is 7.08. The van der Waals surface area contributed by atoms with Crippen LogP contribution in [0.25, 0.3) is 0 Å². The lowest BCUT2D eigenvalue weighted by molar-refractivity contribution is -0.384. The van der Waals surface area contributed by atoms with E-state index < -0.39 is 4.92 Å². The van der Waals surface area contributed by atoms with Crippen LogP contribution in [0.2, 0.25) is 0 Å². The minimum atomic E-state index is -0.413. The molecule has 2 rings (SSSR count). The van der Waals surface area contributed by atoms with Gasteiger partial charge in [0.1, 0.15) is 0 Å². The first kappa shape index (κ1) is 13.6. The van der Waals surface area contributed by atoms with Crippen LogP contribution in [-0.2, 0) is 0 Å². The fourth-order valence-corrected chi connectivity index (χ4v) is 2.17. The fourth-order valence-electron chi connectivity index (χ4n) is 1.48. The van der Waals surface area contributed by atoms with Crippen molar-refractivity contribution < 1.29 is 4.92 Å². The van der Waals surface area contributed by atoms with Gasteiger partial charge in [0.25, 0.3) is 5.69 Å². The number of benzene rings is 1. The monoisotopic (exact) mass is 270 g/mol. The van der Waals surface area contributed by atoms with Gasteiger partial charge in [-0.05, 0) is 28.0 Å². The number of nitrogens with zero attached hydrogens (tertiary/aromatic N) is 1. The van der Waals surface area contributed by atoms with Crippen molar-refractivity contribution in [3.63, 3.8) is 0 Å². The minimum absolute atomic E-state index is 0. The van der Waals surface area contributed by atoms with E-state index in [1.165, 1.54) is 12.1 Å². The van der Waals surface area contributed by atoms with Crippen LogP contribution in [0.1, 0.15) is 17.2 Å². The molecule has 4 nitrogen and oxygen atoms in total. The average Bonchev–Trinajstić information content (AvgIpc) is 2.81. The van der Waals surface area contributed by atoms with E-state index in [4.69, 9.17) is 5.73 Å². The molecule has 0 saturated carbocycles. The van der Waals surface area contributed by atoms with Crippen LogP contribution < -0.4 is 5.73 Å². The molecule has 1 atom stereocenters. The van der Waals surface area contributed by atoms with E-state index in [0.29, 0.717) is 0 Å². The molecule has 0 saturated heterocycles. The molecule has 2 N–H and O–H groups in total. The number of hydrogen-bond acceptors (Lipinski definition) is 4. The lowest BCUT2D eigenvalue weighted by atomic mass is 10.0. The van der Waals surface area contributed by atoms with Crippen molar-refractivity contribution in [3.8, 4) is 0 Å². The van der Waals surface area contributed by atoms with Crippen LogP contribution in [0.15, 0.2) is 41.1 Å². The highest BCUT2D eigenvalue weighted by Gasteiger charge is 2.12. The SMILES string of the molecule is Cl.N[C@H](c1ccsc1)c1cccc([N+](=O)[O-])c1. The van der Waals surface area contributed by atoms with Crippen molar-refractivity contribution in [3.05, 3.63) is 62.3 Å². The molecule has 90 valence electrons. The summed E-state index contributed by atoms with van der Waals surface area (Å²) >= 11 is 1.56. The number of halogens is 1. The zero-order valence-electron chi connectivity index (χ0n) is 8.78. The predicted octanol–water partition coefficient (Wildman–Crippen LogP) is 3.13. The summed E-state index contributed by atoms with van der Waals surface area (Å²) in [7, 11) is 0. The molecule has 1 aromatic heterocycles. The van der Waals surface area contributed by atoms with Crippen molar-refractivity contribution in [2.24, 2.45) is 5.73 Å². The van der Waals surface area contributed by atoms with Gasteiger partial charge in [0.05, 0.1) is 11.0 Å². The van der Waals surface area contributed by atoms with Crippen molar-refractivity contribution >= 4 is 29.4 Å². The van der Waals surface area contributed by atoms with E-state index in [9.17, 15) is 10.1 Å². The van der Waals surface area contributed by atoms with Crippen molar-refractivity contribution in [2.45, 2.75) is 6.04 Å². The molecule has 17 heavy (non-hydrogen) atoms. The Hall–Kier alpha value is -1.43. The van der Waals surface area contributed by atoms with E-state index in [2.05, 4.69) is 0 Å². The summed E-state index contributed by atoms with van der Waals surface area (Å²) in [5.41, 5.74) is 7.82. The molecule has 0 fully saturated rings. The Labute approximate surface area is 109 Å². The van der Waals surface area contributed by atoms with Gasteiger partial charge in [-0.15, -0.1) is 12.4 Å². The summed E-state index contributed by atoms with van der Waals surface area (Å²) in [6, 6.07) is 8.06. The van der Waals surface area contributed by atoms with Crippen molar-refractivity contribution in [1.82, 2.24) is 0 Å². The third-order valence-electron chi connectivity index (χ3n) is 2.34. The maximum Gasteiger partial charge on any atom is 0.269 e. The van der Waals surface area contributed by atoms with E-state index in [1.807, 2.05) is 16.8 Å². The van der Waals surface area contributed by atoms with E-state index in [-0.39, 0.29) is 24.1 Å². The van der Waals surface area contributed by atoms with Gasteiger partial charge in [-0.2, -0.15) is 11.3 Å². The number of nitro benzene ring substituents is 1. The van der Waals surface area contributed by atoms with Gasteiger partial charge < -0.3 is 5.73 Å². The smallest absolute Gasteiger partial charge is 0.269 e. The van der Waals surface area contributed by atoms with Crippen LogP contribution in [0, 0.1) is 10.1 Å². The Morgan fingerprint density at radius 2 is 2.06 bits per heavy atom. The average molecular weight is 271 g/mol. The molecular weight excluding hydrogens is 260 g/mol. The summed E-state index contributed by atoms with van der Waals surface area (Å²) in [6.07, 6.45) is 0. The number of non-ortho nitro benzene ring substituents is 1. The van der Waals surface area contributed by atoms with Gasteiger partial charge in [0.2, 0.25) is 0 Å². The van der Waals surface area contributed by atoms with Gasteiger partial charge in [0, 0.05) is 12.1 Å². The van der Waals surface area contributed by atoms with Gasteiger partial charge in [-0.25, -0.2) is 0 Å². The maximum absolute atomic E-state index is 10.6. The minimum Gasteiger partial charge on any atom is -0.320 e. The second kappa shape index (κ2) is 5.77. The lowest BCUT2D eigenvalue weighted by Crippen LogP contribution is -2.10. The quantitative estimate of drug-likeness (QED) is 0.688. The van der Waals surface area contributed by atoms with Crippen LogP contribution >= 0.6 is 23.7 Å². The highest BCUT2D eigenvalue weighted by Crippen LogP contribution is 2.24. The zero-order valence-corrected chi connectivity index (χ0v) is 10.4. The van der Waals surface area contributed by atoms with Crippen molar-refractivity contribution in [2.75, 3.05) is 0 Å². The molecule has 0 aliphatic rings.